The quantitative estimate of drug-likeness (QED) is 0.523. The number of hydrogen-bond acceptors (Lipinski definition) is 7. The third-order valence-electron chi connectivity index (χ3n) is 4.49. The monoisotopic (exact) mass is 473 g/mol. The van der Waals surface area contributed by atoms with Crippen molar-refractivity contribution in [3.63, 3.8) is 0 Å². The van der Waals surface area contributed by atoms with Crippen LogP contribution in [0.4, 0.5) is 18.4 Å². The van der Waals surface area contributed by atoms with Gasteiger partial charge in [0.15, 0.2) is 0 Å². The van der Waals surface area contributed by atoms with Gasteiger partial charge in [0.1, 0.15) is 24.7 Å². The van der Waals surface area contributed by atoms with Crippen molar-refractivity contribution < 1.29 is 27.8 Å². The number of nitrogens with zero attached hydrogens (tertiary/aromatic N) is 2. The van der Waals surface area contributed by atoms with Gasteiger partial charge in [0.25, 0.3) is 0 Å². The van der Waals surface area contributed by atoms with Crippen molar-refractivity contribution in [3.05, 3.63) is 34.3 Å². The highest BCUT2D eigenvalue weighted by Gasteiger charge is 2.28. The van der Waals surface area contributed by atoms with Crippen LogP contribution in [0.1, 0.15) is 50.8 Å². The zero-order valence-electron chi connectivity index (χ0n) is 18.0. The Morgan fingerprint density at radius 1 is 1.31 bits per heavy atom. The van der Waals surface area contributed by atoms with Gasteiger partial charge in [0.2, 0.25) is 0 Å². The molecule has 1 saturated carbocycles. The SMILES string of the molecule is CC(C)(C)OC(=O)NC(COC(=O)NC1CC1)c1ccc(Cl)c(C2=NCN(C(F)F)N2)c1. The molecule has 1 unspecified atom stereocenters. The fourth-order valence-electron chi connectivity index (χ4n) is 2.82. The number of carbonyl (C=O) groups is 2. The van der Waals surface area contributed by atoms with Gasteiger partial charge < -0.3 is 20.1 Å². The molecule has 1 aromatic carbocycles. The lowest BCUT2D eigenvalue weighted by Gasteiger charge is -2.24. The third-order valence-corrected chi connectivity index (χ3v) is 4.82. The van der Waals surface area contributed by atoms with E-state index in [0.29, 0.717) is 16.1 Å². The predicted octanol–water partition coefficient (Wildman–Crippen LogP) is 3.54. The van der Waals surface area contributed by atoms with Crippen LogP contribution in [-0.2, 0) is 9.47 Å². The first kappa shape index (κ1) is 24.0. The van der Waals surface area contributed by atoms with Gasteiger partial charge in [-0.1, -0.05) is 17.7 Å². The lowest BCUT2D eigenvalue weighted by atomic mass is 10.0. The minimum absolute atomic E-state index is 0.117. The zero-order chi connectivity index (χ0) is 23.5. The maximum absolute atomic E-state index is 12.9. The number of ether oxygens (including phenoxy) is 2. The second kappa shape index (κ2) is 9.86. The summed E-state index contributed by atoms with van der Waals surface area (Å²) in [5.41, 5.74) is 2.66. The number of rotatable bonds is 7. The second-order valence-electron chi connectivity index (χ2n) is 8.46. The summed E-state index contributed by atoms with van der Waals surface area (Å²) in [4.78, 5) is 28.4. The topological polar surface area (TPSA) is 104 Å². The Bertz CT molecular complexity index is 889. The lowest BCUT2D eigenvalue weighted by Crippen LogP contribution is -2.40. The van der Waals surface area contributed by atoms with E-state index in [-0.39, 0.29) is 30.2 Å². The first-order valence-electron chi connectivity index (χ1n) is 10.1. The Morgan fingerprint density at radius 3 is 2.62 bits per heavy atom. The van der Waals surface area contributed by atoms with Crippen molar-refractivity contribution in [1.29, 1.82) is 0 Å². The molecule has 1 atom stereocenters. The Balaban J connectivity index is 1.77. The average molecular weight is 474 g/mol. The van der Waals surface area contributed by atoms with E-state index in [1.807, 2.05) is 0 Å². The minimum atomic E-state index is -2.74. The number of hydrazine groups is 1. The second-order valence-corrected chi connectivity index (χ2v) is 8.87. The maximum atomic E-state index is 12.9. The van der Waals surface area contributed by atoms with Crippen LogP contribution in [0.5, 0.6) is 0 Å². The summed E-state index contributed by atoms with van der Waals surface area (Å²) in [5, 5.41) is 6.31. The lowest BCUT2D eigenvalue weighted by molar-refractivity contribution is -0.0365. The van der Waals surface area contributed by atoms with Crippen LogP contribution in [0.15, 0.2) is 23.2 Å². The van der Waals surface area contributed by atoms with Crippen LogP contribution in [0.2, 0.25) is 5.02 Å². The molecule has 1 aliphatic heterocycles. The zero-order valence-corrected chi connectivity index (χ0v) is 18.7. The number of halogens is 3. The smallest absolute Gasteiger partial charge is 0.408 e. The summed E-state index contributed by atoms with van der Waals surface area (Å²) in [7, 11) is 0. The van der Waals surface area contributed by atoms with Crippen molar-refractivity contribution in [2.45, 2.75) is 57.8 Å². The number of amides is 2. The van der Waals surface area contributed by atoms with E-state index < -0.39 is 30.4 Å². The van der Waals surface area contributed by atoms with E-state index in [4.69, 9.17) is 21.1 Å². The van der Waals surface area contributed by atoms with Gasteiger partial charge in [-0.05, 0) is 51.3 Å². The van der Waals surface area contributed by atoms with E-state index in [9.17, 15) is 18.4 Å². The molecule has 0 spiro atoms. The molecule has 1 heterocycles. The fraction of sp³-hybridized carbons (Fsp3) is 0.550. The molecular weight excluding hydrogens is 448 g/mol. The Morgan fingerprint density at radius 2 is 2.03 bits per heavy atom. The Kier molecular flexibility index (Phi) is 7.40. The van der Waals surface area contributed by atoms with Crippen LogP contribution < -0.4 is 16.1 Å². The maximum Gasteiger partial charge on any atom is 0.408 e. The Labute approximate surface area is 189 Å². The van der Waals surface area contributed by atoms with Crippen LogP contribution in [0, 0.1) is 0 Å². The number of hydrogen-bond donors (Lipinski definition) is 3. The van der Waals surface area contributed by atoms with E-state index in [2.05, 4.69) is 21.1 Å². The number of alkyl carbamates (subject to hydrolysis) is 2. The Hall–Kier alpha value is -2.66. The third kappa shape index (κ3) is 6.92. The molecule has 2 aliphatic rings. The molecule has 32 heavy (non-hydrogen) atoms. The number of aliphatic imine (C=N–C) groups is 1. The van der Waals surface area contributed by atoms with Crippen molar-refractivity contribution in [3.8, 4) is 0 Å². The first-order chi connectivity index (χ1) is 15.0. The molecule has 3 rings (SSSR count). The van der Waals surface area contributed by atoms with Crippen LogP contribution >= 0.6 is 11.6 Å². The summed E-state index contributed by atoms with van der Waals surface area (Å²) >= 11 is 6.26. The van der Waals surface area contributed by atoms with Gasteiger partial charge in [-0.3, -0.25) is 5.43 Å². The largest absolute Gasteiger partial charge is 0.447 e. The molecule has 3 N–H and O–H groups in total. The number of amidine groups is 1. The molecule has 0 bridgehead atoms. The fourth-order valence-corrected chi connectivity index (χ4v) is 3.02. The molecule has 0 aromatic heterocycles. The summed E-state index contributed by atoms with van der Waals surface area (Å²) < 4.78 is 36.4. The number of carbonyl (C=O) groups excluding carboxylic acids is 2. The van der Waals surface area contributed by atoms with Gasteiger partial charge in [-0.25, -0.2) is 14.6 Å². The molecule has 1 aliphatic carbocycles. The molecule has 12 heteroatoms. The molecule has 0 radical (unpaired) electrons. The highest BCUT2D eigenvalue weighted by atomic mass is 35.5. The van der Waals surface area contributed by atoms with E-state index >= 15 is 0 Å². The normalized spacial score (nSPS) is 17.4. The molecule has 1 aromatic rings. The summed E-state index contributed by atoms with van der Waals surface area (Å²) in [5.74, 6) is 0.167. The van der Waals surface area contributed by atoms with Crippen molar-refractivity contribution in [2.24, 2.45) is 4.99 Å². The molecule has 1 fully saturated rings. The molecule has 0 saturated heterocycles. The van der Waals surface area contributed by atoms with Crippen LogP contribution in [0.25, 0.3) is 0 Å². The van der Waals surface area contributed by atoms with Gasteiger partial charge in [0, 0.05) is 11.6 Å². The van der Waals surface area contributed by atoms with Crippen LogP contribution in [-0.4, -0.2) is 54.5 Å². The predicted molar refractivity (Wildman–Crippen MR) is 113 cm³/mol. The van der Waals surface area contributed by atoms with E-state index in [0.717, 1.165) is 12.8 Å². The van der Waals surface area contributed by atoms with Crippen molar-refractivity contribution in [2.75, 3.05) is 13.3 Å². The van der Waals surface area contributed by atoms with Gasteiger partial charge in [0.05, 0.1) is 11.1 Å². The number of nitrogens with one attached hydrogen (secondary N) is 3. The summed E-state index contributed by atoms with van der Waals surface area (Å²) in [6, 6.07) is 4.12. The molecular formula is C20H26ClF2N5O4. The first-order valence-corrected chi connectivity index (χ1v) is 10.5. The molecule has 2 amide bonds. The van der Waals surface area contributed by atoms with Crippen molar-refractivity contribution >= 4 is 29.6 Å². The average Bonchev–Trinajstić information content (AvgIpc) is 3.35. The highest BCUT2D eigenvalue weighted by Crippen LogP contribution is 2.25. The molecule has 176 valence electrons. The van der Waals surface area contributed by atoms with Gasteiger partial charge in [-0.2, -0.15) is 8.78 Å². The standard InChI is InChI=1S/C20H26ClF2N5O4/c1-20(2,3)32-19(30)26-15(9-31-18(29)25-12-5-6-12)11-4-7-14(21)13(8-11)16-24-10-28(27-16)17(22)23/h4,7-8,12,15,17H,5-6,9-10H2,1-3H3,(H,24,27)(H,25,29)(H,26,30). The van der Waals surface area contributed by atoms with Crippen molar-refractivity contribution in [1.82, 2.24) is 21.1 Å². The minimum Gasteiger partial charge on any atom is -0.447 e. The number of alkyl halides is 2. The molecule has 9 nitrogen and oxygen atoms in total. The van der Waals surface area contributed by atoms with E-state index in [1.54, 1.807) is 39.0 Å². The summed E-state index contributed by atoms with van der Waals surface area (Å²) in [6.45, 7) is 2.01. The number of benzene rings is 1. The summed E-state index contributed by atoms with van der Waals surface area (Å²) in [6.07, 6.45) is 0.512. The highest BCUT2D eigenvalue weighted by molar-refractivity contribution is 6.34. The van der Waals surface area contributed by atoms with Gasteiger partial charge in [-0.15, -0.1) is 5.01 Å². The van der Waals surface area contributed by atoms with Gasteiger partial charge >= 0.3 is 18.7 Å². The van der Waals surface area contributed by atoms with E-state index in [1.165, 1.54) is 0 Å². The van der Waals surface area contributed by atoms with Crippen LogP contribution in [0.3, 0.4) is 0 Å².